The lowest BCUT2D eigenvalue weighted by Gasteiger charge is -2.10. The number of furan rings is 1. The third-order valence-corrected chi connectivity index (χ3v) is 4.10. The zero-order chi connectivity index (χ0) is 17.6. The van der Waals surface area contributed by atoms with E-state index in [4.69, 9.17) is 13.6 Å². The Morgan fingerprint density at radius 2 is 2.12 bits per heavy atom. The van der Waals surface area contributed by atoms with Crippen LogP contribution >= 0.6 is 11.8 Å². The van der Waals surface area contributed by atoms with Gasteiger partial charge in [0.15, 0.2) is 0 Å². The standard InChI is InChI=1S/C17H17N3O4S/c1-3-22-14-7-5-4-6-13(14)18-15(21)10-25-17-20-19-16(24-17)12-8-9-23-11(12)2/h4-9H,3,10H2,1-2H3,(H,18,21). The minimum atomic E-state index is -0.184. The molecule has 3 aromatic rings. The molecular formula is C17H17N3O4S. The summed E-state index contributed by atoms with van der Waals surface area (Å²) in [5, 5.41) is 11.1. The monoisotopic (exact) mass is 359 g/mol. The van der Waals surface area contributed by atoms with Crippen LogP contribution in [0.2, 0.25) is 0 Å². The van der Waals surface area contributed by atoms with Gasteiger partial charge in [0.25, 0.3) is 11.1 Å². The number of carbonyl (C=O) groups is 1. The number of aromatic nitrogens is 2. The van der Waals surface area contributed by atoms with Crippen molar-refractivity contribution >= 4 is 23.4 Å². The van der Waals surface area contributed by atoms with E-state index >= 15 is 0 Å². The zero-order valence-electron chi connectivity index (χ0n) is 13.8. The lowest BCUT2D eigenvalue weighted by molar-refractivity contribution is -0.113. The molecule has 2 aromatic heterocycles. The number of carbonyl (C=O) groups excluding carboxylic acids is 1. The van der Waals surface area contributed by atoms with E-state index in [-0.39, 0.29) is 11.7 Å². The number of amides is 1. The molecule has 0 spiro atoms. The number of aryl methyl sites for hydroxylation is 1. The molecule has 1 amide bonds. The second-order valence-electron chi connectivity index (χ2n) is 5.03. The molecule has 130 valence electrons. The highest BCUT2D eigenvalue weighted by molar-refractivity contribution is 7.99. The van der Waals surface area contributed by atoms with Gasteiger partial charge in [0, 0.05) is 0 Å². The molecule has 0 unspecified atom stereocenters. The van der Waals surface area contributed by atoms with E-state index in [0.29, 0.717) is 34.9 Å². The van der Waals surface area contributed by atoms with Crippen LogP contribution in [0.1, 0.15) is 12.7 Å². The first kappa shape index (κ1) is 17.1. The number of hydrogen-bond acceptors (Lipinski definition) is 7. The molecule has 0 fully saturated rings. The van der Waals surface area contributed by atoms with Gasteiger partial charge < -0.3 is 18.9 Å². The van der Waals surface area contributed by atoms with Crippen molar-refractivity contribution in [2.45, 2.75) is 19.1 Å². The van der Waals surface area contributed by atoms with Crippen molar-refractivity contribution in [1.82, 2.24) is 10.2 Å². The maximum absolute atomic E-state index is 12.1. The van der Waals surface area contributed by atoms with Gasteiger partial charge in [0.05, 0.1) is 29.9 Å². The SMILES string of the molecule is CCOc1ccccc1NC(=O)CSc1nnc(-c2ccoc2C)o1. The molecule has 0 saturated carbocycles. The molecule has 0 atom stereocenters. The molecule has 25 heavy (non-hydrogen) atoms. The highest BCUT2D eigenvalue weighted by atomic mass is 32.2. The van der Waals surface area contributed by atoms with Crippen molar-refractivity contribution in [3.8, 4) is 17.2 Å². The Morgan fingerprint density at radius 3 is 2.88 bits per heavy atom. The first-order valence-electron chi connectivity index (χ1n) is 7.70. The lowest BCUT2D eigenvalue weighted by Crippen LogP contribution is -2.14. The molecule has 0 aliphatic rings. The topological polar surface area (TPSA) is 90.4 Å². The van der Waals surface area contributed by atoms with Crippen molar-refractivity contribution in [2.24, 2.45) is 0 Å². The number of nitrogens with one attached hydrogen (secondary N) is 1. The lowest BCUT2D eigenvalue weighted by atomic mass is 10.3. The molecule has 0 aliphatic heterocycles. The molecule has 3 rings (SSSR count). The fourth-order valence-electron chi connectivity index (χ4n) is 2.15. The van der Waals surface area contributed by atoms with Gasteiger partial charge in [-0.15, -0.1) is 10.2 Å². The average molecular weight is 359 g/mol. The van der Waals surface area contributed by atoms with Crippen LogP contribution in [-0.2, 0) is 4.79 Å². The first-order chi connectivity index (χ1) is 12.2. The summed E-state index contributed by atoms with van der Waals surface area (Å²) < 4.78 is 16.2. The second-order valence-corrected chi connectivity index (χ2v) is 5.96. The van der Waals surface area contributed by atoms with Gasteiger partial charge >= 0.3 is 0 Å². The van der Waals surface area contributed by atoms with Crippen LogP contribution in [0.5, 0.6) is 5.75 Å². The summed E-state index contributed by atoms with van der Waals surface area (Å²) >= 11 is 1.17. The second kappa shape index (κ2) is 7.89. The van der Waals surface area contributed by atoms with Gasteiger partial charge in [-0.2, -0.15) is 0 Å². The van der Waals surface area contributed by atoms with E-state index in [1.807, 2.05) is 32.0 Å². The molecule has 7 nitrogen and oxygen atoms in total. The predicted molar refractivity (Wildman–Crippen MR) is 93.7 cm³/mol. The third-order valence-electron chi connectivity index (χ3n) is 3.28. The molecular weight excluding hydrogens is 342 g/mol. The van der Waals surface area contributed by atoms with Crippen LogP contribution in [0.3, 0.4) is 0 Å². The van der Waals surface area contributed by atoms with Crippen molar-refractivity contribution < 1.29 is 18.4 Å². The van der Waals surface area contributed by atoms with Crippen LogP contribution in [0.4, 0.5) is 5.69 Å². The van der Waals surface area contributed by atoms with E-state index < -0.39 is 0 Å². The number of nitrogens with zero attached hydrogens (tertiary/aromatic N) is 2. The predicted octanol–water partition coefficient (Wildman–Crippen LogP) is 3.77. The molecule has 0 aliphatic carbocycles. The van der Waals surface area contributed by atoms with Gasteiger partial charge in [-0.25, -0.2) is 0 Å². The average Bonchev–Trinajstić information content (AvgIpc) is 3.23. The molecule has 0 radical (unpaired) electrons. The van der Waals surface area contributed by atoms with E-state index in [9.17, 15) is 4.79 Å². The Morgan fingerprint density at radius 1 is 1.28 bits per heavy atom. The highest BCUT2D eigenvalue weighted by Crippen LogP contribution is 2.27. The molecule has 8 heteroatoms. The number of hydrogen-bond donors (Lipinski definition) is 1. The van der Waals surface area contributed by atoms with Crippen molar-refractivity contribution in [1.29, 1.82) is 0 Å². The van der Waals surface area contributed by atoms with Crippen molar-refractivity contribution in [2.75, 3.05) is 17.7 Å². The van der Waals surface area contributed by atoms with Crippen LogP contribution in [-0.4, -0.2) is 28.5 Å². The largest absolute Gasteiger partial charge is 0.492 e. The summed E-state index contributed by atoms with van der Waals surface area (Å²) in [6.07, 6.45) is 1.56. The molecule has 2 heterocycles. The molecule has 1 N–H and O–H groups in total. The van der Waals surface area contributed by atoms with Crippen LogP contribution in [0, 0.1) is 6.92 Å². The number of thioether (sulfide) groups is 1. The normalized spacial score (nSPS) is 10.6. The Labute approximate surface area is 148 Å². The Kier molecular flexibility index (Phi) is 5.39. The van der Waals surface area contributed by atoms with E-state index in [1.54, 1.807) is 18.4 Å². The third kappa shape index (κ3) is 4.21. The quantitative estimate of drug-likeness (QED) is 0.642. The fraction of sp³-hybridized carbons (Fsp3) is 0.235. The molecule has 0 bridgehead atoms. The van der Waals surface area contributed by atoms with Crippen LogP contribution in [0.25, 0.3) is 11.5 Å². The summed E-state index contributed by atoms with van der Waals surface area (Å²) in [5.74, 6) is 1.67. The van der Waals surface area contributed by atoms with Gasteiger partial charge in [-0.05, 0) is 32.0 Å². The maximum atomic E-state index is 12.1. The highest BCUT2D eigenvalue weighted by Gasteiger charge is 2.15. The van der Waals surface area contributed by atoms with Crippen LogP contribution in [0.15, 0.2) is 50.7 Å². The number of anilines is 1. The number of rotatable bonds is 7. The minimum Gasteiger partial charge on any atom is -0.492 e. The zero-order valence-corrected chi connectivity index (χ0v) is 14.6. The fourth-order valence-corrected chi connectivity index (χ4v) is 2.71. The number of benzene rings is 1. The van der Waals surface area contributed by atoms with E-state index in [0.717, 1.165) is 5.56 Å². The summed E-state index contributed by atoms with van der Waals surface area (Å²) in [6, 6.07) is 9.05. The molecule has 1 aromatic carbocycles. The van der Waals surface area contributed by atoms with Crippen molar-refractivity contribution in [3.05, 3.63) is 42.4 Å². The first-order valence-corrected chi connectivity index (χ1v) is 8.68. The Hall–Kier alpha value is -2.74. The summed E-state index contributed by atoms with van der Waals surface area (Å²) in [4.78, 5) is 12.1. The maximum Gasteiger partial charge on any atom is 0.277 e. The van der Waals surface area contributed by atoms with Gasteiger partial charge in [0.1, 0.15) is 11.5 Å². The Bertz CT molecular complexity index is 859. The van der Waals surface area contributed by atoms with Gasteiger partial charge in [-0.1, -0.05) is 23.9 Å². The van der Waals surface area contributed by atoms with E-state index in [1.165, 1.54) is 11.8 Å². The van der Waals surface area contributed by atoms with Crippen LogP contribution < -0.4 is 10.1 Å². The summed E-state index contributed by atoms with van der Waals surface area (Å²) in [5.41, 5.74) is 1.38. The molecule has 0 saturated heterocycles. The minimum absolute atomic E-state index is 0.145. The number of para-hydroxylation sites is 2. The summed E-state index contributed by atoms with van der Waals surface area (Å²) in [6.45, 7) is 4.23. The van der Waals surface area contributed by atoms with Gasteiger partial charge in [0.2, 0.25) is 5.91 Å². The summed E-state index contributed by atoms with van der Waals surface area (Å²) in [7, 11) is 0. The number of ether oxygens (including phenoxy) is 1. The van der Waals surface area contributed by atoms with Crippen molar-refractivity contribution in [3.63, 3.8) is 0 Å². The van der Waals surface area contributed by atoms with E-state index in [2.05, 4.69) is 15.5 Å². The smallest absolute Gasteiger partial charge is 0.277 e. The van der Waals surface area contributed by atoms with Gasteiger partial charge in [-0.3, -0.25) is 4.79 Å². The Balaban J connectivity index is 1.58.